The average Bonchev–Trinajstić information content (AvgIpc) is 2.24. The second kappa shape index (κ2) is 5.89. The predicted octanol–water partition coefficient (Wildman–Crippen LogP) is 2.14. The smallest absolute Gasteiger partial charge is 0.0471 e. The lowest BCUT2D eigenvalue weighted by Gasteiger charge is -2.49. The third-order valence-electron chi connectivity index (χ3n) is 4.52. The van der Waals surface area contributed by atoms with Crippen molar-refractivity contribution in [3.63, 3.8) is 0 Å². The monoisotopic (exact) mass is 256 g/mol. The Hall–Kier alpha value is -0.120. The highest BCUT2D eigenvalue weighted by molar-refractivity contribution is 5.01. The van der Waals surface area contributed by atoms with Gasteiger partial charge in [0.1, 0.15) is 0 Å². The Labute approximate surface area is 113 Å². The maximum atomic E-state index is 9.27. The molecule has 1 fully saturated rings. The molecular formula is C15H32N2O. The molecule has 0 bridgehead atoms. The van der Waals surface area contributed by atoms with Gasteiger partial charge in [0.2, 0.25) is 0 Å². The number of hydrogen-bond donors (Lipinski definition) is 3. The molecule has 1 aliphatic carbocycles. The van der Waals surface area contributed by atoms with Crippen molar-refractivity contribution in [2.75, 3.05) is 13.2 Å². The van der Waals surface area contributed by atoms with E-state index in [0.717, 1.165) is 12.8 Å². The molecule has 1 saturated carbocycles. The summed E-state index contributed by atoms with van der Waals surface area (Å²) in [7, 11) is 0. The third-order valence-corrected chi connectivity index (χ3v) is 4.52. The highest BCUT2D eigenvalue weighted by Crippen LogP contribution is 2.43. The van der Waals surface area contributed by atoms with Crippen molar-refractivity contribution in [3.05, 3.63) is 0 Å². The van der Waals surface area contributed by atoms with Crippen LogP contribution in [0.3, 0.4) is 0 Å². The molecule has 0 aromatic rings. The van der Waals surface area contributed by atoms with E-state index in [0.29, 0.717) is 23.9 Å². The quantitative estimate of drug-likeness (QED) is 0.706. The molecule has 0 aromatic carbocycles. The van der Waals surface area contributed by atoms with Crippen molar-refractivity contribution in [3.8, 4) is 0 Å². The van der Waals surface area contributed by atoms with E-state index in [1.165, 1.54) is 6.42 Å². The molecular weight excluding hydrogens is 224 g/mol. The summed E-state index contributed by atoms with van der Waals surface area (Å²) in [5, 5.41) is 13.0. The van der Waals surface area contributed by atoms with E-state index in [1.807, 2.05) is 0 Å². The number of aliphatic hydroxyl groups is 1. The normalized spacial score (nSPS) is 35.2. The van der Waals surface area contributed by atoms with E-state index in [9.17, 15) is 5.11 Å². The summed E-state index contributed by atoms with van der Waals surface area (Å²) >= 11 is 0. The van der Waals surface area contributed by atoms with E-state index in [1.54, 1.807) is 0 Å². The first-order valence-corrected chi connectivity index (χ1v) is 7.32. The number of rotatable bonds is 5. The van der Waals surface area contributed by atoms with Crippen LogP contribution in [0, 0.1) is 17.3 Å². The van der Waals surface area contributed by atoms with Crippen LogP contribution in [0.2, 0.25) is 0 Å². The Bertz CT molecular complexity index is 267. The molecule has 1 rings (SSSR count). The van der Waals surface area contributed by atoms with Gasteiger partial charge in [-0.2, -0.15) is 0 Å². The summed E-state index contributed by atoms with van der Waals surface area (Å²) in [5.41, 5.74) is 6.49. The third kappa shape index (κ3) is 3.94. The van der Waals surface area contributed by atoms with Gasteiger partial charge in [0, 0.05) is 24.7 Å². The lowest BCUT2D eigenvalue weighted by atomic mass is 9.64. The molecule has 0 amide bonds. The molecule has 0 spiro atoms. The lowest BCUT2D eigenvalue weighted by molar-refractivity contribution is 0.0677. The van der Waals surface area contributed by atoms with Crippen LogP contribution in [-0.4, -0.2) is 29.8 Å². The van der Waals surface area contributed by atoms with E-state index in [2.05, 4.69) is 39.9 Å². The van der Waals surface area contributed by atoms with Gasteiger partial charge in [-0.05, 0) is 43.4 Å². The van der Waals surface area contributed by atoms with E-state index in [4.69, 9.17) is 5.73 Å². The van der Waals surface area contributed by atoms with E-state index in [-0.39, 0.29) is 18.1 Å². The lowest BCUT2D eigenvalue weighted by Crippen LogP contribution is -2.60. The zero-order valence-electron chi connectivity index (χ0n) is 12.8. The maximum Gasteiger partial charge on any atom is 0.0471 e. The Morgan fingerprint density at radius 1 is 1.33 bits per heavy atom. The molecule has 4 unspecified atom stereocenters. The molecule has 4 N–H and O–H groups in total. The van der Waals surface area contributed by atoms with Gasteiger partial charge in [0.05, 0.1) is 0 Å². The first kappa shape index (κ1) is 15.9. The fourth-order valence-electron chi connectivity index (χ4n) is 3.85. The van der Waals surface area contributed by atoms with Crippen LogP contribution in [0.4, 0.5) is 0 Å². The summed E-state index contributed by atoms with van der Waals surface area (Å²) in [6.45, 7) is 12.2. The van der Waals surface area contributed by atoms with Gasteiger partial charge in [-0.1, -0.05) is 27.7 Å². The van der Waals surface area contributed by atoms with Crippen LogP contribution < -0.4 is 11.1 Å². The molecule has 0 heterocycles. The van der Waals surface area contributed by atoms with Gasteiger partial charge >= 0.3 is 0 Å². The fraction of sp³-hybridized carbons (Fsp3) is 1.00. The second-order valence-electron chi connectivity index (χ2n) is 7.43. The molecule has 3 nitrogen and oxygen atoms in total. The number of aliphatic hydroxyl groups excluding tert-OH is 1. The van der Waals surface area contributed by atoms with Crippen molar-refractivity contribution >= 4 is 0 Å². The first-order chi connectivity index (χ1) is 8.23. The minimum absolute atomic E-state index is 0.0456. The van der Waals surface area contributed by atoms with Crippen LogP contribution in [0.1, 0.15) is 53.9 Å². The molecule has 0 aliphatic heterocycles. The average molecular weight is 256 g/mol. The number of hydrogen-bond acceptors (Lipinski definition) is 3. The van der Waals surface area contributed by atoms with Gasteiger partial charge in [-0.15, -0.1) is 0 Å². The number of nitrogens with one attached hydrogen (secondary N) is 1. The van der Waals surface area contributed by atoms with E-state index < -0.39 is 0 Å². The standard InChI is InChI=1S/C15H32N2O/c1-11-6-14(4,5)9-15(7-11,10-16)17-13(3)12(2)8-18/h11-13,17-18H,6-10,16H2,1-5H3. The molecule has 1 aliphatic rings. The molecule has 0 saturated heterocycles. The fourth-order valence-corrected chi connectivity index (χ4v) is 3.85. The summed E-state index contributed by atoms with van der Waals surface area (Å²) in [5.74, 6) is 0.982. The van der Waals surface area contributed by atoms with Crippen molar-refractivity contribution in [2.45, 2.75) is 65.5 Å². The first-order valence-electron chi connectivity index (χ1n) is 7.32. The summed E-state index contributed by atoms with van der Waals surface area (Å²) in [4.78, 5) is 0. The van der Waals surface area contributed by atoms with Crippen LogP contribution in [0.15, 0.2) is 0 Å². The zero-order chi connectivity index (χ0) is 14.0. The Balaban J connectivity index is 2.78. The Kier molecular flexibility index (Phi) is 5.22. The van der Waals surface area contributed by atoms with Gasteiger partial charge in [-0.3, -0.25) is 0 Å². The van der Waals surface area contributed by atoms with E-state index >= 15 is 0 Å². The molecule has 0 radical (unpaired) electrons. The van der Waals surface area contributed by atoms with Crippen molar-refractivity contribution < 1.29 is 5.11 Å². The Morgan fingerprint density at radius 2 is 1.94 bits per heavy atom. The summed E-state index contributed by atoms with van der Waals surface area (Å²) in [6.07, 6.45) is 3.55. The topological polar surface area (TPSA) is 58.3 Å². The molecule has 3 heteroatoms. The summed E-state index contributed by atoms with van der Waals surface area (Å²) in [6, 6.07) is 0.305. The van der Waals surface area contributed by atoms with Crippen LogP contribution in [0.25, 0.3) is 0 Å². The SMILES string of the molecule is CC1CC(C)(C)CC(CN)(NC(C)C(C)CO)C1. The van der Waals surface area contributed by atoms with Gasteiger partial charge < -0.3 is 16.2 Å². The minimum atomic E-state index is 0.0456. The maximum absolute atomic E-state index is 9.27. The highest BCUT2D eigenvalue weighted by Gasteiger charge is 2.42. The largest absolute Gasteiger partial charge is 0.396 e. The van der Waals surface area contributed by atoms with Crippen molar-refractivity contribution in [1.29, 1.82) is 0 Å². The summed E-state index contributed by atoms with van der Waals surface area (Å²) < 4.78 is 0. The van der Waals surface area contributed by atoms with Gasteiger partial charge in [0.15, 0.2) is 0 Å². The Morgan fingerprint density at radius 3 is 2.39 bits per heavy atom. The van der Waals surface area contributed by atoms with Crippen molar-refractivity contribution in [1.82, 2.24) is 5.32 Å². The van der Waals surface area contributed by atoms with Crippen LogP contribution in [-0.2, 0) is 0 Å². The van der Waals surface area contributed by atoms with Crippen LogP contribution >= 0.6 is 0 Å². The molecule has 0 aromatic heterocycles. The van der Waals surface area contributed by atoms with Gasteiger partial charge in [-0.25, -0.2) is 0 Å². The number of nitrogens with two attached hydrogens (primary N) is 1. The predicted molar refractivity (Wildman–Crippen MR) is 77.4 cm³/mol. The molecule has 108 valence electrons. The zero-order valence-corrected chi connectivity index (χ0v) is 12.8. The minimum Gasteiger partial charge on any atom is -0.396 e. The van der Waals surface area contributed by atoms with Crippen LogP contribution in [0.5, 0.6) is 0 Å². The highest BCUT2D eigenvalue weighted by atomic mass is 16.3. The van der Waals surface area contributed by atoms with Gasteiger partial charge in [0.25, 0.3) is 0 Å². The second-order valence-corrected chi connectivity index (χ2v) is 7.43. The van der Waals surface area contributed by atoms with Crippen molar-refractivity contribution in [2.24, 2.45) is 23.0 Å². The molecule has 4 atom stereocenters. The molecule has 18 heavy (non-hydrogen) atoms.